The molecule has 1 atom stereocenters. The highest BCUT2D eigenvalue weighted by molar-refractivity contribution is 7.98. The molecule has 4 rings (SSSR count). The van der Waals surface area contributed by atoms with Gasteiger partial charge in [0.15, 0.2) is 5.16 Å². The Morgan fingerprint density at radius 1 is 1.36 bits per heavy atom. The number of carbonyl (C=O) groups is 1. The van der Waals surface area contributed by atoms with Gasteiger partial charge in [-0.05, 0) is 54.8 Å². The minimum atomic E-state index is 0.0474. The van der Waals surface area contributed by atoms with Crippen molar-refractivity contribution in [3.63, 3.8) is 0 Å². The summed E-state index contributed by atoms with van der Waals surface area (Å²) >= 11 is 3.28. The van der Waals surface area contributed by atoms with Crippen LogP contribution in [0.5, 0.6) is 0 Å². The van der Waals surface area contributed by atoms with Crippen LogP contribution in [0.3, 0.4) is 0 Å². The minimum Gasteiger partial charge on any atom is -0.376 e. The molecule has 1 saturated heterocycles. The summed E-state index contributed by atoms with van der Waals surface area (Å²) in [5.41, 5.74) is 1.70. The first-order valence-corrected chi connectivity index (χ1v) is 11.5. The van der Waals surface area contributed by atoms with Gasteiger partial charge in [-0.1, -0.05) is 17.8 Å². The maximum absolute atomic E-state index is 13.2. The van der Waals surface area contributed by atoms with Gasteiger partial charge < -0.3 is 9.64 Å². The van der Waals surface area contributed by atoms with E-state index in [1.54, 1.807) is 29.3 Å². The van der Waals surface area contributed by atoms with Gasteiger partial charge >= 0.3 is 0 Å². The average molecular weight is 414 g/mol. The lowest BCUT2D eigenvalue weighted by atomic mass is 10.1. The predicted octanol–water partition coefficient (Wildman–Crippen LogP) is 4.48. The van der Waals surface area contributed by atoms with Crippen molar-refractivity contribution in [2.75, 3.05) is 19.4 Å². The fourth-order valence-electron chi connectivity index (χ4n) is 3.43. The average Bonchev–Trinajstić information content (AvgIpc) is 3.49. The Kier molecular flexibility index (Phi) is 6.14. The van der Waals surface area contributed by atoms with Gasteiger partial charge in [0.05, 0.1) is 12.6 Å². The standard InChI is InChI=1S/C21H23N3O2S2/c1-27-21-22-10-11-24(21)17-8-6-16(7-9-17)20(25)23(14-18-4-2-12-26-18)15-19-5-3-13-28-19/h3,5-11,13,18H,2,4,12,14-15H2,1H3. The summed E-state index contributed by atoms with van der Waals surface area (Å²) in [6.07, 6.45) is 7.95. The van der Waals surface area contributed by atoms with Crippen LogP contribution in [0.15, 0.2) is 59.3 Å². The first-order chi connectivity index (χ1) is 13.7. The van der Waals surface area contributed by atoms with E-state index in [2.05, 4.69) is 11.1 Å². The van der Waals surface area contributed by atoms with Crippen molar-refractivity contribution in [1.82, 2.24) is 14.5 Å². The molecular formula is C21H23N3O2S2. The fraction of sp³-hybridized carbons (Fsp3) is 0.333. The summed E-state index contributed by atoms with van der Waals surface area (Å²) in [7, 11) is 0. The smallest absolute Gasteiger partial charge is 0.254 e. The van der Waals surface area contributed by atoms with Crippen LogP contribution in [-0.4, -0.2) is 45.9 Å². The second-order valence-corrected chi connectivity index (χ2v) is 8.54. The molecule has 1 aliphatic heterocycles. The van der Waals surface area contributed by atoms with E-state index < -0.39 is 0 Å². The molecule has 0 saturated carbocycles. The normalized spacial score (nSPS) is 16.4. The van der Waals surface area contributed by atoms with Crippen LogP contribution in [0.2, 0.25) is 0 Å². The maximum Gasteiger partial charge on any atom is 0.254 e. The molecule has 1 amide bonds. The van der Waals surface area contributed by atoms with Crippen LogP contribution in [0.1, 0.15) is 28.1 Å². The van der Waals surface area contributed by atoms with Gasteiger partial charge in [0.2, 0.25) is 0 Å². The Labute approximate surface area is 173 Å². The number of thiophene rings is 1. The molecule has 28 heavy (non-hydrogen) atoms. The molecule has 0 spiro atoms. The molecule has 3 heterocycles. The van der Waals surface area contributed by atoms with E-state index in [1.165, 1.54) is 4.88 Å². The number of amides is 1. The zero-order valence-electron chi connectivity index (χ0n) is 15.8. The Bertz CT molecular complexity index is 900. The summed E-state index contributed by atoms with van der Waals surface area (Å²) in [5.74, 6) is 0.0474. The zero-order chi connectivity index (χ0) is 19.3. The Morgan fingerprint density at radius 2 is 2.21 bits per heavy atom. The van der Waals surface area contributed by atoms with Crippen molar-refractivity contribution in [1.29, 1.82) is 0 Å². The van der Waals surface area contributed by atoms with Crippen LogP contribution in [0.4, 0.5) is 0 Å². The largest absolute Gasteiger partial charge is 0.376 e. The number of hydrogen-bond donors (Lipinski definition) is 0. The van der Waals surface area contributed by atoms with Gasteiger partial charge in [0.25, 0.3) is 5.91 Å². The monoisotopic (exact) mass is 413 g/mol. The molecule has 0 N–H and O–H groups in total. The second-order valence-electron chi connectivity index (χ2n) is 6.73. The molecule has 3 aromatic rings. The Morgan fingerprint density at radius 3 is 2.89 bits per heavy atom. The van der Waals surface area contributed by atoms with E-state index in [-0.39, 0.29) is 12.0 Å². The summed E-state index contributed by atoms with van der Waals surface area (Å²) in [4.78, 5) is 20.7. The third-order valence-corrected chi connectivity index (χ3v) is 6.37. The van der Waals surface area contributed by atoms with Crippen molar-refractivity contribution in [2.45, 2.75) is 30.6 Å². The van der Waals surface area contributed by atoms with Gasteiger partial charge in [-0.15, -0.1) is 11.3 Å². The van der Waals surface area contributed by atoms with Gasteiger partial charge in [-0.3, -0.25) is 9.36 Å². The maximum atomic E-state index is 13.2. The van der Waals surface area contributed by atoms with Gasteiger partial charge in [0, 0.05) is 41.7 Å². The summed E-state index contributed by atoms with van der Waals surface area (Å²) in [6.45, 7) is 2.05. The van der Waals surface area contributed by atoms with Crippen molar-refractivity contribution >= 4 is 29.0 Å². The third-order valence-electron chi connectivity index (χ3n) is 4.84. The first kappa shape index (κ1) is 19.2. The molecule has 5 nitrogen and oxygen atoms in total. The summed E-state index contributed by atoms with van der Waals surface area (Å²) in [5, 5.41) is 2.98. The molecule has 0 aliphatic carbocycles. The highest BCUT2D eigenvalue weighted by atomic mass is 32.2. The highest BCUT2D eigenvalue weighted by Gasteiger charge is 2.24. The number of imidazole rings is 1. The van der Waals surface area contributed by atoms with E-state index in [0.29, 0.717) is 18.7 Å². The van der Waals surface area contributed by atoms with Gasteiger partial charge in [-0.25, -0.2) is 4.98 Å². The fourth-order valence-corrected chi connectivity index (χ4v) is 4.68. The number of thioether (sulfide) groups is 1. The lowest BCUT2D eigenvalue weighted by molar-refractivity contribution is 0.0509. The molecule has 7 heteroatoms. The van der Waals surface area contributed by atoms with Crippen LogP contribution in [0.25, 0.3) is 5.69 Å². The molecule has 1 fully saturated rings. The number of nitrogens with zero attached hydrogens (tertiary/aromatic N) is 3. The third kappa shape index (κ3) is 4.32. The van der Waals surface area contributed by atoms with E-state index in [4.69, 9.17) is 4.74 Å². The molecule has 1 aliphatic rings. The van der Waals surface area contributed by atoms with Crippen molar-refractivity contribution in [2.24, 2.45) is 0 Å². The lowest BCUT2D eigenvalue weighted by Gasteiger charge is -2.25. The summed E-state index contributed by atoms with van der Waals surface area (Å²) in [6, 6.07) is 11.9. The molecule has 1 unspecified atom stereocenters. The van der Waals surface area contributed by atoms with Gasteiger partial charge in [0.1, 0.15) is 0 Å². The molecule has 146 valence electrons. The number of aromatic nitrogens is 2. The number of benzene rings is 1. The topological polar surface area (TPSA) is 47.4 Å². The Balaban J connectivity index is 1.53. The Hall–Kier alpha value is -2.09. The predicted molar refractivity (Wildman–Crippen MR) is 113 cm³/mol. The van der Waals surface area contributed by atoms with Crippen LogP contribution >= 0.6 is 23.1 Å². The lowest BCUT2D eigenvalue weighted by Crippen LogP contribution is -2.36. The van der Waals surface area contributed by atoms with Crippen molar-refractivity contribution in [3.8, 4) is 5.69 Å². The van der Waals surface area contributed by atoms with Crippen molar-refractivity contribution < 1.29 is 9.53 Å². The molecular weight excluding hydrogens is 390 g/mol. The van der Waals surface area contributed by atoms with Crippen LogP contribution in [-0.2, 0) is 11.3 Å². The van der Waals surface area contributed by atoms with E-state index in [0.717, 1.165) is 30.3 Å². The van der Waals surface area contributed by atoms with E-state index in [9.17, 15) is 4.79 Å². The molecule has 0 radical (unpaired) electrons. The van der Waals surface area contributed by atoms with Crippen LogP contribution in [0, 0.1) is 0 Å². The van der Waals surface area contributed by atoms with E-state index >= 15 is 0 Å². The van der Waals surface area contributed by atoms with Crippen molar-refractivity contribution in [3.05, 3.63) is 64.6 Å². The van der Waals surface area contributed by atoms with E-state index in [1.807, 2.05) is 57.6 Å². The van der Waals surface area contributed by atoms with Crippen LogP contribution < -0.4 is 0 Å². The quantitative estimate of drug-likeness (QED) is 0.536. The number of rotatable bonds is 7. The second kappa shape index (κ2) is 8.94. The zero-order valence-corrected chi connectivity index (χ0v) is 17.4. The molecule has 0 bridgehead atoms. The number of carbonyl (C=O) groups excluding carboxylic acids is 1. The molecule has 2 aromatic heterocycles. The first-order valence-electron chi connectivity index (χ1n) is 9.35. The highest BCUT2D eigenvalue weighted by Crippen LogP contribution is 2.21. The number of hydrogen-bond acceptors (Lipinski definition) is 5. The summed E-state index contributed by atoms with van der Waals surface area (Å²) < 4.78 is 7.80. The minimum absolute atomic E-state index is 0.0474. The SMILES string of the molecule is CSc1nccn1-c1ccc(C(=O)N(Cc2cccs2)CC2CCCO2)cc1. The number of ether oxygens (including phenoxy) is 1. The molecule has 1 aromatic carbocycles. The van der Waals surface area contributed by atoms with Gasteiger partial charge in [-0.2, -0.15) is 0 Å².